The standard InChI is InChI=1S/C29H34N2O4/c1-4-34-28(32)27(19-22-10-12-24(13-11-22)25-14-16-30-17-15-25)31-26(18-21(2)3)29(33)35-20-23-8-6-5-7-9-23/h5-17,21,26-27,31H,4,18-20H2,1-3H3/t26-,27-/m0/s1. The number of carbonyl (C=O) groups is 2. The Hall–Kier alpha value is -3.51. The van der Waals surface area contributed by atoms with E-state index in [4.69, 9.17) is 9.47 Å². The van der Waals surface area contributed by atoms with Gasteiger partial charge in [-0.3, -0.25) is 19.9 Å². The van der Waals surface area contributed by atoms with E-state index >= 15 is 0 Å². The third kappa shape index (κ3) is 8.34. The van der Waals surface area contributed by atoms with Crippen molar-refractivity contribution >= 4 is 11.9 Å². The summed E-state index contributed by atoms with van der Waals surface area (Å²) in [5.41, 5.74) is 4.03. The number of rotatable bonds is 12. The molecule has 1 aromatic heterocycles. The second kappa shape index (κ2) is 13.4. The number of nitrogens with one attached hydrogen (secondary N) is 1. The predicted molar refractivity (Wildman–Crippen MR) is 136 cm³/mol. The van der Waals surface area contributed by atoms with Gasteiger partial charge in [-0.05, 0) is 60.1 Å². The maximum absolute atomic E-state index is 13.0. The van der Waals surface area contributed by atoms with Crippen LogP contribution < -0.4 is 5.32 Å². The fraction of sp³-hybridized carbons (Fsp3) is 0.345. The molecular weight excluding hydrogens is 440 g/mol. The number of pyridine rings is 1. The first-order valence-electron chi connectivity index (χ1n) is 12.1. The van der Waals surface area contributed by atoms with Crippen molar-refractivity contribution in [2.45, 2.75) is 52.3 Å². The quantitative estimate of drug-likeness (QED) is 0.374. The van der Waals surface area contributed by atoms with Gasteiger partial charge in [0, 0.05) is 12.4 Å². The molecule has 6 nitrogen and oxygen atoms in total. The van der Waals surface area contributed by atoms with Crippen LogP contribution in [0.5, 0.6) is 0 Å². The summed E-state index contributed by atoms with van der Waals surface area (Å²) in [7, 11) is 0. The van der Waals surface area contributed by atoms with Gasteiger partial charge in [0.25, 0.3) is 0 Å². The van der Waals surface area contributed by atoms with Crippen molar-refractivity contribution in [3.8, 4) is 11.1 Å². The zero-order valence-corrected chi connectivity index (χ0v) is 20.6. The largest absolute Gasteiger partial charge is 0.465 e. The Morgan fingerprint density at radius 1 is 0.800 bits per heavy atom. The molecule has 0 aliphatic carbocycles. The van der Waals surface area contributed by atoms with Gasteiger partial charge in [-0.15, -0.1) is 0 Å². The van der Waals surface area contributed by atoms with Gasteiger partial charge >= 0.3 is 11.9 Å². The lowest BCUT2D eigenvalue weighted by Gasteiger charge is -2.25. The maximum Gasteiger partial charge on any atom is 0.323 e. The minimum Gasteiger partial charge on any atom is -0.465 e. The van der Waals surface area contributed by atoms with E-state index in [0.717, 1.165) is 22.3 Å². The van der Waals surface area contributed by atoms with Gasteiger partial charge < -0.3 is 9.47 Å². The zero-order valence-electron chi connectivity index (χ0n) is 20.6. The van der Waals surface area contributed by atoms with Crippen LogP contribution >= 0.6 is 0 Å². The van der Waals surface area contributed by atoms with E-state index in [1.165, 1.54) is 0 Å². The fourth-order valence-corrected chi connectivity index (χ4v) is 3.84. The Morgan fingerprint density at radius 3 is 2.06 bits per heavy atom. The highest BCUT2D eigenvalue weighted by Crippen LogP contribution is 2.20. The normalized spacial score (nSPS) is 12.7. The van der Waals surface area contributed by atoms with Crippen molar-refractivity contribution in [2.24, 2.45) is 5.92 Å². The number of esters is 2. The van der Waals surface area contributed by atoms with E-state index in [2.05, 4.69) is 10.3 Å². The smallest absolute Gasteiger partial charge is 0.323 e. The first-order chi connectivity index (χ1) is 17.0. The molecule has 2 aromatic carbocycles. The summed E-state index contributed by atoms with van der Waals surface area (Å²) in [4.78, 5) is 29.9. The Bertz CT molecular complexity index is 1050. The Morgan fingerprint density at radius 2 is 1.43 bits per heavy atom. The minimum atomic E-state index is -0.672. The molecule has 0 aliphatic heterocycles. The van der Waals surface area contributed by atoms with Crippen LogP contribution in [0.3, 0.4) is 0 Å². The zero-order chi connectivity index (χ0) is 25.0. The van der Waals surface area contributed by atoms with Gasteiger partial charge in [-0.1, -0.05) is 68.4 Å². The third-order valence-electron chi connectivity index (χ3n) is 5.60. The molecule has 3 aromatic rings. The summed E-state index contributed by atoms with van der Waals surface area (Å²) >= 11 is 0. The van der Waals surface area contributed by atoms with Crippen molar-refractivity contribution in [3.05, 3.63) is 90.3 Å². The van der Waals surface area contributed by atoms with Crippen LogP contribution in [-0.2, 0) is 32.1 Å². The summed E-state index contributed by atoms with van der Waals surface area (Å²) in [6, 6.07) is 20.2. The molecule has 0 bridgehead atoms. The van der Waals surface area contributed by atoms with Crippen LogP contribution in [0.15, 0.2) is 79.1 Å². The molecule has 2 atom stereocenters. The lowest BCUT2D eigenvalue weighted by Crippen LogP contribution is -2.50. The third-order valence-corrected chi connectivity index (χ3v) is 5.60. The van der Waals surface area contributed by atoms with E-state index in [9.17, 15) is 9.59 Å². The van der Waals surface area contributed by atoms with Crippen LogP contribution in [0.2, 0.25) is 0 Å². The van der Waals surface area contributed by atoms with Crippen molar-refractivity contribution in [3.63, 3.8) is 0 Å². The van der Waals surface area contributed by atoms with E-state index in [-0.39, 0.29) is 31.1 Å². The molecule has 0 spiro atoms. The molecular formula is C29H34N2O4. The number of hydrogen-bond donors (Lipinski definition) is 1. The van der Waals surface area contributed by atoms with Crippen molar-refractivity contribution < 1.29 is 19.1 Å². The number of nitrogens with zero attached hydrogens (tertiary/aromatic N) is 1. The molecule has 3 rings (SSSR count). The van der Waals surface area contributed by atoms with E-state index in [1.807, 2.05) is 80.6 Å². The molecule has 184 valence electrons. The molecule has 6 heteroatoms. The molecule has 0 unspecified atom stereocenters. The van der Waals surface area contributed by atoms with Crippen LogP contribution in [0, 0.1) is 5.92 Å². The number of aromatic nitrogens is 1. The first kappa shape index (κ1) is 26.1. The molecule has 0 fully saturated rings. The van der Waals surface area contributed by atoms with Crippen molar-refractivity contribution in [1.29, 1.82) is 0 Å². The molecule has 35 heavy (non-hydrogen) atoms. The SMILES string of the molecule is CCOC(=O)[C@H](Cc1ccc(-c2ccncc2)cc1)N[C@@H](CC(C)C)C(=O)OCc1ccccc1. The average Bonchev–Trinajstić information content (AvgIpc) is 2.88. The summed E-state index contributed by atoms with van der Waals surface area (Å²) in [5, 5.41) is 3.24. The summed E-state index contributed by atoms with van der Waals surface area (Å²) in [6.45, 7) is 6.31. The highest BCUT2D eigenvalue weighted by Gasteiger charge is 2.29. The molecule has 0 saturated heterocycles. The Balaban J connectivity index is 1.72. The van der Waals surface area contributed by atoms with E-state index in [0.29, 0.717) is 12.8 Å². The number of ether oxygens (including phenoxy) is 2. The van der Waals surface area contributed by atoms with Crippen LogP contribution in [-0.4, -0.2) is 35.6 Å². The van der Waals surface area contributed by atoms with Crippen LogP contribution in [0.4, 0.5) is 0 Å². The van der Waals surface area contributed by atoms with Gasteiger partial charge in [0.05, 0.1) is 6.61 Å². The lowest BCUT2D eigenvalue weighted by molar-refractivity contribution is -0.150. The molecule has 0 aliphatic rings. The first-order valence-corrected chi connectivity index (χ1v) is 12.1. The summed E-state index contributed by atoms with van der Waals surface area (Å²) in [5.74, 6) is -0.514. The molecule has 0 radical (unpaired) electrons. The van der Waals surface area contributed by atoms with Gasteiger partial charge in [0.1, 0.15) is 18.7 Å². The second-order valence-corrected chi connectivity index (χ2v) is 8.88. The molecule has 0 saturated carbocycles. The molecule has 1 N–H and O–H groups in total. The highest BCUT2D eigenvalue weighted by molar-refractivity contribution is 5.80. The van der Waals surface area contributed by atoms with Gasteiger partial charge in [-0.25, -0.2) is 0 Å². The van der Waals surface area contributed by atoms with Crippen molar-refractivity contribution in [2.75, 3.05) is 6.61 Å². The van der Waals surface area contributed by atoms with E-state index < -0.39 is 12.1 Å². The lowest BCUT2D eigenvalue weighted by atomic mass is 9.99. The maximum atomic E-state index is 13.0. The number of hydrogen-bond acceptors (Lipinski definition) is 6. The fourth-order valence-electron chi connectivity index (χ4n) is 3.84. The Kier molecular flexibility index (Phi) is 9.99. The van der Waals surface area contributed by atoms with Gasteiger partial charge in [-0.2, -0.15) is 0 Å². The van der Waals surface area contributed by atoms with Gasteiger partial charge in [0.15, 0.2) is 0 Å². The topological polar surface area (TPSA) is 77.5 Å². The molecule has 1 heterocycles. The summed E-state index contributed by atoms with van der Waals surface area (Å²) in [6.07, 6.45) is 4.46. The van der Waals surface area contributed by atoms with Gasteiger partial charge in [0.2, 0.25) is 0 Å². The van der Waals surface area contributed by atoms with Crippen molar-refractivity contribution in [1.82, 2.24) is 10.3 Å². The minimum absolute atomic E-state index is 0.191. The number of benzene rings is 2. The highest BCUT2D eigenvalue weighted by atomic mass is 16.5. The average molecular weight is 475 g/mol. The molecule has 0 amide bonds. The Labute approximate surface area is 207 Å². The van der Waals surface area contributed by atoms with E-state index in [1.54, 1.807) is 19.3 Å². The number of carbonyl (C=O) groups excluding carboxylic acids is 2. The van der Waals surface area contributed by atoms with Crippen LogP contribution in [0.25, 0.3) is 11.1 Å². The second-order valence-electron chi connectivity index (χ2n) is 8.88. The van der Waals surface area contributed by atoms with Crippen LogP contribution in [0.1, 0.15) is 38.3 Å². The monoisotopic (exact) mass is 474 g/mol. The predicted octanol–water partition coefficient (Wildman–Crippen LogP) is 4.97. The summed E-state index contributed by atoms with van der Waals surface area (Å²) < 4.78 is 10.9.